The number of carboxylic acids is 2. The Hall–Kier alpha value is -2.58. The molecule has 0 spiro atoms. The molecule has 1 fully saturated rings. The first-order chi connectivity index (χ1) is 16.6. The lowest BCUT2D eigenvalue weighted by Gasteiger charge is -2.17. The van der Waals surface area contributed by atoms with Gasteiger partial charge in [0.05, 0.1) is 15.2 Å². The number of allylic oxidation sites excluding steroid dienone is 1. The van der Waals surface area contributed by atoms with Crippen molar-refractivity contribution in [3.63, 3.8) is 0 Å². The normalized spacial score (nSPS) is 18.7. The van der Waals surface area contributed by atoms with Crippen LogP contribution in [0.4, 0.5) is 5.69 Å². The Morgan fingerprint density at radius 2 is 1.80 bits per heavy atom. The maximum Gasteiger partial charge on any atom is 0.323 e. The molecule has 1 aromatic heterocycles. The third-order valence-corrected chi connectivity index (χ3v) is 9.00. The van der Waals surface area contributed by atoms with Gasteiger partial charge in [0.15, 0.2) is 0 Å². The van der Waals surface area contributed by atoms with E-state index in [0.29, 0.717) is 11.6 Å². The van der Waals surface area contributed by atoms with Gasteiger partial charge in [-0.05, 0) is 37.3 Å². The van der Waals surface area contributed by atoms with E-state index in [0.717, 1.165) is 48.2 Å². The molecule has 35 heavy (non-hydrogen) atoms. The quantitative estimate of drug-likeness (QED) is 0.499. The molecular weight excluding hydrogens is 554 g/mol. The molecule has 182 valence electrons. The number of carbonyl (C=O) groups is 3. The fraction of sp³-hybridized carbons (Fsp3) is 0.190. The predicted molar refractivity (Wildman–Crippen MR) is 141 cm³/mol. The monoisotopic (exact) mass is 569 g/mol. The molecular formula is C21H16ClN3O6S4. The molecule has 3 heterocycles. The zero-order valence-corrected chi connectivity index (χ0v) is 21.9. The van der Waals surface area contributed by atoms with Crippen molar-refractivity contribution >= 4 is 97.5 Å². The van der Waals surface area contributed by atoms with Crippen molar-refractivity contribution in [2.75, 3.05) is 18.0 Å². The topological polar surface area (TPSA) is 120 Å². The second-order valence-electron chi connectivity index (χ2n) is 7.17. The number of aliphatic carboxylic acids is 2. The second-order valence-corrected chi connectivity index (χ2v) is 11.3. The number of carbonyl (C=O) groups excluding carboxylic acids is 1. The molecule has 2 aromatic rings. The Morgan fingerprint density at radius 3 is 2.46 bits per heavy atom. The highest BCUT2D eigenvalue weighted by atomic mass is 35.5. The van der Waals surface area contributed by atoms with Crippen molar-refractivity contribution in [3.05, 3.63) is 53.9 Å². The summed E-state index contributed by atoms with van der Waals surface area (Å²) >= 11 is 14.6. The van der Waals surface area contributed by atoms with Crippen molar-refractivity contribution in [1.29, 1.82) is 0 Å². The number of fused-ring (bicyclic) bond motifs is 1. The average molecular weight is 570 g/mol. The highest BCUT2D eigenvalue weighted by molar-refractivity contribution is 8.30. The number of hydrogen-bond acceptors (Lipinski definition) is 9. The van der Waals surface area contributed by atoms with Crippen LogP contribution in [0.15, 0.2) is 39.0 Å². The lowest BCUT2D eigenvalue weighted by Crippen LogP contribution is -2.36. The van der Waals surface area contributed by atoms with E-state index in [4.69, 9.17) is 28.9 Å². The number of nitrogens with zero attached hydrogens (tertiary/aromatic N) is 3. The van der Waals surface area contributed by atoms with Gasteiger partial charge < -0.3 is 15.1 Å². The Morgan fingerprint density at radius 1 is 1.09 bits per heavy atom. The number of thiazole rings is 1. The summed E-state index contributed by atoms with van der Waals surface area (Å²) in [6, 6.07) is 5.58. The Labute approximate surface area is 221 Å². The van der Waals surface area contributed by atoms with Crippen molar-refractivity contribution in [1.82, 2.24) is 9.47 Å². The van der Waals surface area contributed by atoms with E-state index in [1.54, 1.807) is 18.2 Å². The molecule has 0 radical (unpaired) electrons. The van der Waals surface area contributed by atoms with Crippen LogP contribution < -0.4 is 19.7 Å². The first-order valence-corrected chi connectivity index (χ1v) is 13.2. The predicted octanol–water partition coefficient (Wildman–Crippen LogP) is 1.95. The number of anilines is 1. The van der Waals surface area contributed by atoms with Gasteiger partial charge >= 0.3 is 11.9 Å². The molecule has 1 aromatic carbocycles. The van der Waals surface area contributed by atoms with Crippen LogP contribution in [-0.2, 0) is 20.9 Å². The molecule has 0 aliphatic carbocycles. The van der Waals surface area contributed by atoms with E-state index in [1.807, 2.05) is 24.0 Å². The minimum Gasteiger partial charge on any atom is -0.480 e. The zero-order chi connectivity index (χ0) is 25.4. The Kier molecular flexibility index (Phi) is 7.43. The van der Waals surface area contributed by atoms with E-state index >= 15 is 0 Å². The molecule has 0 saturated carbocycles. The van der Waals surface area contributed by atoms with Crippen LogP contribution in [0.25, 0.3) is 11.0 Å². The van der Waals surface area contributed by atoms with Gasteiger partial charge in [-0.2, -0.15) is 0 Å². The van der Waals surface area contributed by atoms with Crippen molar-refractivity contribution in [2.24, 2.45) is 0 Å². The summed E-state index contributed by atoms with van der Waals surface area (Å²) in [6.07, 6.45) is 3.35. The summed E-state index contributed by atoms with van der Waals surface area (Å²) in [5.74, 6) is -3.18. The van der Waals surface area contributed by atoms with E-state index in [9.17, 15) is 24.3 Å². The molecule has 1 saturated heterocycles. The van der Waals surface area contributed by atoms with Crippen LogP contribution >= 0.6 is 58.7 Å². The van der Waals surface area contributed by atoms with Crippen molar-refractivity contribution in [3.8, 4) is 0 Å². The molecule has 2 N–H and O–H groups in total. The van der Waals surface area contributed by atoms with Crippen LogP contribution in [0.1, 0.15) is 6.92 Å². The molecule has 0 unspecified atom stereocenters. The van der Waals surface area contributed by atoms with E-state index in [2.05, 4.69) is 0 Å². The summed E-state index contributed by atoms with van der Waals surface area (Å²) in [4.78, 5) is 52.5. The fourth-order valence-corrected chi connectivity index (χ4v) is 7.18. The molecule has 9 nitrogen and oxygen atoms in total. The highest BCUT2D eigenvalue weighted by Gasteiger charge is 2.35. The number of halogens is 1. The van der Waals surface area contributed by atoms with E-state index in [1.165, 1.54) is 11.8 Å². The fourth-order valence-electron chi connectivity index (χ4n) is 3.45. The lowest BCUT2D eigenvalue weighted by atomic mass is 10.3. The number of amides is 1. The molecule has 2 aliphatic rings. The number of thioether (sulfide) groups is 2. The van der Waals surface area contributed by atoms with Gasteiger partial charge in [-0.15, -0.1) is 11.3 Å². The zero-order valence-electron chi connectivity index (χ0n) is 17.9. The van der Waals surface area contributed by atoms with Gasteiger partial charge in [0.25, 0.3) is 11.5 Å². The number of rotatable bonds is 6. The summed E-state index contributed by atoms with van der Waals surface area (Å²) in [7, 11) is 0. The number of benzene rings is 1. The number of aromatic nitrogens is 1. The largest absolute Gasteiger partial charge is 0.480 e. The van der Waals surface area contributed by atoms with Crippen LogP contribution in [0.2, 0.25) is 5.02 Å². The molecule has 1 amide bonds. The number of thiocarbonyl (C=S) groups is 1. The number of carboxylic acid groups (broad SMARTS) is 2. The highest BCUT2D eigenvalue weighted by Crippen LogP contribution is 2.46. The summed E-state index contributed by atoms with van der Waals surface area (Å²) in [5, 5.41) is 19.9. The first kappa shape index (κ1) is 25.5. The minimum absolute atomic E-state index is 0.0272. The van der Waals surface area contributed by atoms with E-state index in [-0.39, 0.29) is 18.4 Å². The lowest BCUT2D eigenvalue weighted by molar-refractivity contribution is -0.140. The van der Waals surface area contributed by atoms with Gasteiger partial charge in [-0.3, -0.25) is 28.6 Å². The molecule has 14 heteroatoms. The first-order valence-electron chi connectivity index (χ1n) is 9.98. The summed E-state index contributed by atoms with van der Waals surface area (Å²) in [6.45, 7) is 1.37. The smallest absolute Gasteiger partial charge is 0.323 e. The minimum atomic E-state index is -1.26. The van der Waals surface area contributed by atoms with Crippen LogP contribution in [0, 0.1) is 0 Å². The Bertz CT molecular complexity index is 1500. The standard InChI is InChI=1S/C21H16ClN3O6S4/c1-2-23-11-7-10(22)3-4-12(11)33-14(23)6-5-13-18(30)24(8-15(26)27)20(34-13)17-19(31)25(9-16(28)29)21(32)35-17/h3-7H,2,8-9H2,1H3,(H,26,27)(H,28,29). The Balaban J connectivity index is 1.83. The molecule has 0 bridgehead atoms. The van der Waals surface area contributed by atoms with Crippen LogP contribution in [0.5, 0.6) is 0 Å². The average Bonchev–Trinajstić information content (AvgIpc) is 3.38. The molecule has 4 rings (SSSR count). The maximum absolute atomic E-state index is 13.1. The van der Waals surface area contributed by atoms with Gasteiger partial charge in [-0.25, -0.2) is 0 Å². The summed E-state index contributed by atoms with van der Waals surface area (Å²) < 4.78 is 1.37. The van der Waals surface area contributed by atoms with Crippen molar-refractivity contribution in [2.45, 2.75) is 18.4 Å². The second kappa shape index (κ2) is 10.2. The van der Waals surface area contributed by atoms with Gasteiger partial charge in [0, 0.05) is 16.5 Å². The SMILES string of the molecule is CCN1C(=CC=c2sc(=C3SC(=S)N(CC(=O)O)C3=O)n(CC(=O)O)c2=O)Sc2ccc(Cl)cc21. The van der Waals surface area contributed by atoms with Crippen molar-refractivity contribution < 1.29 is 24.6 Å². The van der Waals surface area contributed by atoms with E-state index < -0.39 is 36.5 Å². The van der Waals surface area contributed by atoms with Gasteiger partial charge in [-0.1, -0.05) is 47.3 Å². The number of hydrogen-bond donors (Lipinski definition) is 2. The maximum atomic E-state index is 13.1. The third kappa shape index (κ3) is 5.05. The van der Waals surface area contributed by atoms with Gasteiger partial charge in [0.2, 0.25) is 0 Å². The van der Waals surface area contributed by atoms with Crippen LogP contribution in [0.3, 0.4) is 0 Å². The van der Waals surface area contributed by atoms with Crippen LogP contribution in [-0.4, -0.2) is 54.9 Å². The third-order valence-electron chi connectivity index (χ3n) is 4.92. The van der Waals surface area contributed by atoms with Gasteiger partial charge in [0.1, 0.15) is 27.0 Å². The molecule has 0 atom stereocenters. The molecule has 2 aliphatic heterocycles. The summed E-state index contributed by atoms with van der Waals surface area (Å²) in [5.41, 5.74) is 0.384.